The van der Waals surface area contributed by atoms with Crippen LogP contribution < -0.4 is 5.73 Å². The Balaban J connectivity index is 2.03. The maximum absolute atomic E-state index is 5.95. The van der Waals surface area contributed by atoms with Crippen molar-refractivity contribution in [2.75, 3.05) is 5.73 Å². The van der Waals surface area contributed by atoms with Crippen molar-refractivity contribution in [3.05, 3.63) is 34.2 Å². The van der Waals surface area contributed by atoms with Gasteiger partial charge >= 0.3 is 0 Å². The molecule has 0 aliphatic rings. The number of hydrogen-bond acceptors (Lipinski definition) is 5. The molecule has 0 fully saturated rings. The van der Waals surface area contributed by atoms with Crippen LogP contribution in [0.1, 0.15) is 17.0 Å². The van der Waals surface area contributed by atoms with Crippen molar-refractivity contribution in [2.45, 2.75) is 26.8 Å². The van der Waals surface area contributed by atoms with Crippen molar-refractivity contribution < 1.29 is 0 Å². The van der Waals surface area contributed by atoms with Crippen molar-refractivity contribution in [1.82, 2.24) is 19.5 Å². The Morgan fingerprint density at radius 3 is 2.84 bits per heavy atom. The maximum atomic E-state index is 5.95. The molecular weight excluding hydrogens is 258 g/mol. The predicted octanol–water partition coefficient (Wildman–Crippen LogP) is 2.33. The largest absolute Gasteiger partial charge is 0.383 e. The zero-order chi connectivity index (χ0) is 13.4. The lowest BCUT2D eigenvalue weighted by Gasteiger charge is -2.06. The minimum atomic E-state index is 0.554. The summed E-state index contributed by atoms with van der Waals surface area (Å²) in [6, 6.07) is 0. The van der Waals surface area contributed by atoms with Gasteiger partial charge in [-0.3, -0.25) is 0 Å². The fraction of sp³-hybridized carbons (Fsp3) is 0.308. The Kier molecular flexibility index (Phi) is 2.94. The molecule has 0 spiro atoms. The van der Waals surface area contributed by atoms with Crippen LogP contribution in [0.2, 0.25) is 0 Å². The van der Waals surface area contributed by atoms with E-state index in [4.69, 9.17) is 5.73 Å². The molecule has 3 aromatic heterocycles. The molecule has 0 bridgehead atoms. The van der Waals surface area contributed by atoms with Gasteiger partial charge in [0.1, 0.15) is 17.8 Å². The third kappa shape index (κ3) is 1.98. The molecule has 0 saturated heterocycles. The Morgan fingerprint density at radius 2 is 2.11 bits per heavy atom. The van der Waals surface area contributed by atoms with Crippen molar-refractivity contribution >= 4 is 28.2 Å². The number of aryl methyl sites for hydroxylation is 3. The lowest BCUT2D eigenvalue weighted by Crippen LogP contribution is -2.05. The molecule has 2 N–H and O–H groups in total. The first kappa shape index (κ1) is 12.1. The summed E-state index contributed by atoms with van der Waals surface area (Å²) >= 11 is 1.62. The quantitative estimate of drug-likeness (QED) is 0.795. The van der Waals surface area contributed by atoms with Crippen LogP contribution in [-0.4, -0.2) is 19.5 Å². The number of fused-ring (bicyclic) bond motifs is 1. The van der Waals surface area contributed by atoms with Gasteiger partial charge < -0.3 is 10.3 Å². The van der Waals surface area contributed by atoms with E-state index < -0.39 is 0 Å². The second-order valence-corrected chi connectivity index (χ2v) is 5.27. The van der Waals surface area contributed by atoms with Gasteiger partial charge in [-0.15, -0.1) is 11.3 Å². The molecule has 0 aliphatic heterocycles. The molecule has 6 heteroatoms. The molecule has 0 saturated carbocycles. The maximum Gasteiger partial charge on any atom is 0.145 e. The second kappa shape index (κ2) is 4.62. The van der Waals surface area contributed by atoms with E-state index in [-0.39, 0.29) is 0 Å². The van der Waals surface area contributed by atoms with Gasteiger partial charge in [-0.2, -0.15) is 0 Å². The number of aromatic nitrogens is 4. The van der Waals surface area contributed by atoms with Gasteiger partial charge in [0.2, 0.25) is 0 Å². The SMILES string of the molecule is Cc1c(C)n(CCc2cscn2)c2ncnc(N)c12. The Morgan fingerprint density at radius 1 is 1.26 bits per heavy atom. The number of anilines is 1. The van der Waals surface area contributed by atoms with Crippen LogP contribution in [-0.2, 0) is 13.0 Å². The Labute approximate surface area is 115 Å². The van der Waals surface area contributed by atoms with E-state index in [1.807, 2.05) is 5.51 Å². The van der Waals surface area contributed by atoms with Gasteiger partial charge in [0.25, 0.3) is 0 Å². The van der Waals surface area contributed by atoms with Crippen LogP contribution >= 0.6 is 11.3 Å². The number of hydrogen-bond donors (Lipinski definition) is 1. The molecule has 3 heterocycles. The summed E-state index contributed by atoms with van der Waals surface area (Å²) in [6.45, 7) is 5.02. The van der Waals surface area contributed by atoms with Crippen LogP contribution in [0.5, 0.6) is 0 Å². The van der Waals surface area contributed by atoms with Crippen LogP contribution in [0.25, 0.3) is 11.0 Å². The topological polar surface area (TPSA) is 69.6 Å². The fourth-order valence-electron chi connectivity index (χ4n) is 2.36. The van der Waals surface area contributed by atoms with E-state index in [1.54, 1.807) is 11.3 Å². The third-order valence-corrected chi connectivity index (χ3v) is 4.15. The van der Waals surface area contributed by atoms with E-state index in [1.165, 1.54) is 12.0 Å². The smallest absolute Gasteiger partial charge is 0.145 e. The van der Waals surface area contributed by atoms with Gasteiger partial charge in [-0.25, -0.2) is 15.0 Å². The first-order valence-electron chi connectivity index (χ1n) is 6.11. The highest BCUT2D eigenvalue weighted by Gasteiger charge is 2.14. The molecule has 0 aliphatic carbocycles. The van der Waals surface area contributed by atoms with E-state index in [0.29, 0.717) is 5.82 Å². The van der Waals surface area contributed by atoms with Crippen LogP contribution in [0.15, 0.2) is 17.2 Å². The molecule has 5 nitrogen and oxygen atoms in total. The van der Waals surface area contributed by atoms with Crippen molar-refractivity contribution in [1.29, 1.82) is 0 Å². The summed E-state index contributed by atoms with van der Waals surface area (Å²) in [6.07, 6.45) is 2.42. The molecule has 0 radical (unpaired) electrons. The first-order valence-corrected chi connectivity index (χ1v) is 7.05. The third-order valence-electron chi connectivity index (χ3n) is 3.51. The lowest BCUT2D eigenvalue weighted by atomic mass is 10.2. The Hall–Kier alpha value is -1.95. The molecule has 19 heavy (non-hydrogen) atoms. The molecule has 98 valence electrons. The minimum absolute atomic E-state index is 0.554. The first-order chi connectivity index (χ1) is 9.18. The highest BCUT2D eigenvalue weighted by molar-refractivity contribution is 7.07. The zero-order valence-corrected chi connectivity index (χ0v) is 11.7. The summed E-state index contributed by atoms with van der Waals surface area (Å²) in [7, 11) is 0. The zero-order valence-electron chi connectivity index (χ0n) is 10.9. The second-order valence-electron chi connectivity index (χ2n) is 4.55. The number of nitrogens with two attached hydrogens (primary N) is 1. The summed E-state index contributed by atoms with van der Waals surface area (Å²) in [5, 5.41) is 3.05. The summed E-state index contributed by atoms with van der Waals surface area (Å²) in [5.74, 6) is 0.554. The lowest BCUT2D eigenvalue weighted by molar-refractivity contribution is 0.686. The van der Waals surface area contributed by atoms with Gasteiger partial charge in [-0.05, 0) is 19.4 Å². The van der Waals surface area contributed by atoms with Crippen LogP contribution in [0, 0.1) is 13.8 Å². The van der Waals surface area contributed by atoms with Gasteiger partial charge in [-0.1, -0.05) is 0 Å². The normalized spacial score (nSPS) is 11.3. The molecular formula is C13H15N5S. The Bertz CT molecular complexity index is 714. The van der Waals surface area contributed by atoms with E-state index in [9.17, 15) is 0 Å². The van der Waals surface area contributed by atoms with Gasteiger partial charge in [0.05, 0.1) is 16.6 Å². The molecule has 3 rings (SSSR count). The fourth-order valence-corrected chi connectivity index (χ4v) is 2.95. The number of nitrogen functional groups attached to an aromatic ring is 1. The van der Waals surface area contributed by atoms with Crippen molar-refractivity contribution in [2.24, 2.45) is 0 Å². The highest BCUT2D eigenvalue weighted by atomic mass is 32.1. The van der Waals surface area contributed by atoms with Gasteiger partial charge in [0, 0.05) is 24.0 Å². The molecule has 0 amide bonds. The van der Waals surface area contributed by atoms with Crippen LogP contribution in [0.3, 0.4) is 0 Å². The van der Waals surface area contributed by atoms with E-state index in [0.717, 1.165) is 35.3 Å². The molecule has 0 unspecified atom stereocenters. The monoisotopic (exact) mass is 273 g/mol. The van der Waals surface area contributed by atoms with E-state index >= 15 is 0 Å². The molecule has 3 aromatic rings. The van der Waals surface area contributed by atoms with Crippen molar-refractivity contribution in [3.8, 4) is 0 Å². The number of rotatable bonds is 3. The number of nitrogens with zero attached hydrogens (tertiary/aromatic N) is 4. The molecule has 0 aromatic carbocycles. The summed E-state index contributed by atoms with van der Waals surface area (Å²) in [5.41, 5.74) is 12.2. The highest BCUT2D eigenvalue weighted by Crippen LogP contribution is 2.27. The minimum Gasteiger partial charge on any atom is -0.383 e. The van der Waals surface area contributed by atoms with Crippen molar-refractivity contribution in [3.63, 3.8) is 0 Å². The predicted molar refractivity (Wildman–Crippen MR) is 77.2 cm³/mol. The molecule has 0 atom stereocenters. The van der Waals surface area contributed by atoms with Gasteiger partial charge in [0.15, 0.2) is 0 Å². The summed E-state index contributed by atoms with van der Waals surface area (Å²) in [4.78, 5) is 12.8. The standard InChI is InChI=1S/C13H15N5S/c1-8-9(2)18(4-3-10-5-19-7-17-10)13-11(8)12(14)15-6-16-13/h5-7H,3-4H2,1-2H3,(H2,14,15,16). The average Bonchev–Trinajstić information content (AvgIpc) is 2.98. The van der Waals surface area contributed by atoms with E-state index in [2.05, 4.69) is 38.7 Å². The average molecular weight is 273 g/mol. The summed E-state index contributed by atoms with van der Waals surface area (Å²) < 4.78 is 2.20. The van der Waals surface area contributed by atoms with Crippen LogP contribution in [0.4, 0.5) is 5.82 Å². The number of thiazole rings is 1.